The third kappa shape index (κ3) is 3.75. The Kier molecular flexibility index (Phi) is 4.87. The number of anilines is 1. The van der Waals surface area contributed by atoms with Crippen molar-refractivity contribution in [2.75, 3.05) is 37.7 Å². The predicted octanol–water partition coefficient (Wildman–Crippen LogP) is 2.34. The number of rotatable bonds is 2. The Balaban J connectivity index is 1.66. The Morgan fingerprint density at radius 3 is 2.71 bits per heavy atom. The molecule has 0 aliphatic carbocycles. The largest absolute Gasteiger partial charge is 0.365 e. The summed E-state index contributed by atoms with van der Waals surface area (Å²) < 4.78 is 45.9. The van der Waals surface area contributed by atoms with Crippen molar-refractivity contribution in [3.05, 3.63) is 23.1 Å². The molecule has 5 nitrogen and oxygen atoms in total. The van der Waals surface area contributed by atoms with Gasteiger partial charge in [0.2, 0.25) is 0 Å². The molecule has 0 saturated carbocycles. The highest BCUT2D eigenvalue weighted by atomic mass is 35.5. The number of aromatic nitrogens is 1. The van der Waals surface area contributed by atoms with Gasteiger partial charge in [-0.1, -0.05) is 11.6 Å². The highest BCUT2D eigenvalue weighted by Gasteiger charge is 2.38. The number of likely N-dealkylation sites (tertiary alicyclic amines) is 1. The molecule has 1 aromatic heterocycles. The molecule has 1 atom stereocenters. The number of hydrogen-bond donors (Lipinski definition) is 0. The number of nitrogens with zero attached hydrogens (tertiary/aromatic N) is 3. The predicted molar refractivity (Wildman–Crippen MR) is 81.9 cm³/mol. The summed E-state index contributed by atoms with van der Waals surface area (Å²) in [6.45, 7) is 0.729. The Hall–Kier alpha value is -1.54. The van der Waals surface area contributed by atoms with Crippen molar-refractivity contribution in [1.29, 1.82) is 0 Å². The van der Waals surface area contributed by atoms with Gasteiger partial charge in [0.05, 0.1) is 18.2 Å². The second kappa shape index (κ2) is 6.76. The van der Waals surface area contributed by atoms with Crippen LogP contribution in [0.5, 0.6) is 0 Å². The summed E-state index contributed by atoms with van der Waals surface area (Å²) in [6.07, 6.45) is -0.174. The summed E-state index contributed by atoms with van der Waals surface area (Å²) >= 11 is 5.69. The van der Waals surface area contributed by atoms with E-state index < -0.39 is 17.8 Å². The molecule has 2 aliphatic rings. The first kappa shape index (κ1) is 17.3. The lowest BCUT2D eigenvalue weighted by Gasteiger charge is -2.38. The third-order valence-electron chi connectivity index (χ3n) is 4.24. The van der Waals surface area contributed by atoms with Crippen molar-refractivity contribution < 1.29 is 22.7 Å². The van der Waals surface area contributed by atoms with Gasteiger partial charge in [0.25, 0.3) is 11.8 Å². The lowest BCUT2D eigenvalue weighted by atomic mass is 10.1. The molecule has 3 heterocycles. The van der Waals surface area contributed by atoms with Crippen LogP contribution in [0.25, 0.3) is 0 Å². The van der Waals surface area contributed by atoms with Crippen molar-refractivity contribution in [1.82, 2.24) is 9.88 Å². The number of amides is 1. The van der Waals surface area contributed by atoms with Gasteiger partial charge < -0.3 is 14.5 Å². The molecular formula is C15H17ClF3N3O2. The average Bonchev–Trinajstić information content (AvgIpc) is 2.54. The van der Waals surface area contributed by atoms with Crippen LogP contribution in [0.2, 0.25) is 5.02 Å². The summed E-state index contributed by atoms with van der Waals surface area (Å²) in [7, 11) is 0. The maximum absolute atomic E-state index is 14.0. The number of piperidine rings is 1. The number of alkyl halides is 2. The molecule has 2 aliphatic heterocycles. The van der Waals surface area contributed by atoms with E-state index in [0.29, 0.717) is 6.54 Å². The van der Waals surface area contributed by atoms with Crippen LogP contribution in [-0.2, 0) is 9.53 Å². The minimum Gasteiger partial charge on any atom is -0.365 e. The maximum Gasteiger partial charge on any atom is 0.253 e. The van der Waals surface area contributed by atoms with Crippen LogP contribution in [0.3, 0.4) is 0 Å². The molecule has 2 saturated heterocycles. The van der Waals surface area contributed by atoms with Gasteiger partial charge in [-0.3, -0.25) is 4.79 Å². The third-order valence-corrected chi connectivity index (χ3v) is 4.44. The van der Waals surface area contributed by atoms with E-state index in [1.54, 1.807) is 4.90 Å². The molecular weight excluding hydrogens is 347 g/mol. The van der Waals surface area contributed by atoms with Crippen molar-refractivity contribution >= 4 is 23.3 Å². The first-order chi connectivity index (χ1) is 11.4. The monoisotopic (exact) mass is 363 g/mol. The fourth-order valence-electron chi connectivity index (χ4n) is 2.89. The number of morpholine rings is 1. The number of pyridine rings is 1. The fourth-order valence-corrected chi connectivity index (χ4v) is 3.03. The fraction of sp³-hybridized carbons (Fsp3) is 0.600. The van der Waals surface area contributed by atoms with Gasteiger partial charge in [-0.05, 0) is 6.07 Å². The molecule has 3 rings (SSSR count). The van der Waals surface area contributed by atoms with E-state index in [1.165, 1.54) is 11.1 Å². The minimum atomic E-state index is -2.72. The van der Waals surface area contributed by atoms with E-state index in [9.17, 15) is 18.0 Å². The number of ether oxygens (including phenoxy) is 1. The Morgan fingerprint density at radius 2 is 2.04 bits per heavy atom. The SMILES string of the molecule is O=C(C1CN(c2ncc(Cl)cc2F)CCO1)N1CCC(F)(F)CC1. The van der Waals surface area contributed by atoms with Crippen LogP contribution in [-0.4, -0.2) is 60.6 Å². The molecule has 0 aromatic carbocycles. The van der Waals surface area contributed by atoms with Crippen LogP contribution in [0, 0.1) is 5.82 Å². The molecule has 2 fully saturated rings. The van der Waals surface area contributed by atoms with Crippen LogP contribution in [0.1, 0.15) is 12.8 Å². The van der Waals surface area contributed by atoms with Crippen LogP contribution < -0.4 is 4.90 Å². The van der Waals surface area contributed by atoms with E-state index in [-0.39, 0.29) is 55.8 Å². The lowest BCUT2D eigenvalue weighted by molar-refractivity contribution is -0.150. The Labute approximate surface area is 142 Å². The topological polar surface area (TPSA) is 45.7 Å². The molecule has 132 valence electrons. The van der Waals surface area contributed by atoms with Crippen LogP contribution in [0.15, 0.2) is 12.3 Å². The van der Waals surface area contributed by atoms with E-state index in [4.69, 9.17) is 16.3 Å². The summed E-state index contributed by atoms with van der Waals surface area (Å²) in [5.41, 5.74) is 0. The number of carbonyl (C=O) groups is 1. The highest BCUT2D eigenvalue weighted by molar-refractivity contribution is 6.30. The second-order valence-electron chi connectivity index (χ2n) is 5.95. The molecule has 1 unspecified atom stereocenters. The van der Waals surface area contributed by atoms with Gasteiger partial charge in [-0.25, -0.2) is 18.2 Å². The van der Waals surface area contributed by atoms with E-state index in [0.717, 1.165) is 6.07 Å². The zero-order chi connectivity index (χ0) is 17.3. The van der Waals surface area contributed by atoms with Crippen LogP contribution in [0.4, 0.5) is 19.0 Å². The van der Waals surface area contributed by atoms with Gasteiger partial charge in [0.15, 0.2) is 17.7 Å². The van der Waals surface area contributed by atoms with E-state index >= 15 is 0 Å². The zero-order valence-electron chi connectivity index (χ0n) is 12.9. The molecule has 0 bridgehead atoms. The lowest BCUT2D eigenvalue weighted by Crippen LogP contribution is -2.53. The molecule has 0 N–H and O–H groups in total. The van der Waals surface area contributed by atoms with Crippen molar-refractivity contribution in [2.45, 2.75) is 24.9 Å². The van der Waals surface area contributed by atoms with Gasteiger partial charge in [-0.2, -0.15) is 0 Å². The van der Waals surface area contributed by atoms with E-state index in [1.807, 2.05) is 0 Å². The highest BCUT2D eigenvalue weighted by Crippen LogP contribution is 2.28. The maximum atomic E-state index is 14.0. The second-order valence-corrected chi connectivity index (χ2v) is 6.38. The summed E-state index contributed by atoms with van der Waals surface area (Å²) in [4.78, 5) is 19.4. The van der Waals surface area contributed by atoms with Gasteiger partial charge in [0.1, 0.15) is 0 Å². The smallest absolute Gasteiger partial charge is 0.253 e. The number of hydrogen-bond acceptors (Lipinski definition) is 4. The summed E-state index contributed by atoms with van der Waals surface area (Å²) in [6, 6.07) is 1.16. The quantitative estimate of drug-likeness (QED) is 0.809. The molecule has 9 heteroatoms. The van der Waals surface area contributed by atoms with E-state index in [2.05, 4.69) is 4.98 Å². The summed E-state index contributed by atoms with van der Waals surface area (Å²) in [5.74, 6) is -3.53. The average molecular weight is 364 g/mol. The van der Waals surface area contributed by atoms with Crippen molar-refractivity contribution in [3.8, 4) is 0 Å². The molecule has 1 aromatic rings. The zero-order valence-corrected chi connectivity index (χ0v) is 13.6. The molecule has 0 radical (unpaired) electrons. The van der Waals surface area contributed by atoms with Gasteiger partial charge in [-0.15, -0.1) is 0 Å². The normalized spacial score (nSPS) is 24.1. The minimum absolute atomic E-state index is 0.000745. The number of carbonyl (C=O) groups excluding carboxylic acids is 1. The Morgan fingerprint density at radius 1 is 1.33 bits per heavy atom. The summed E-state index contributed by atoms with van der Waals surface area (Å²) in [5, 5.41) is 0.186. The van der Waals surface area contributed by atoms with Gasteiger partial charge in [0, 0.05) is 38.7 Å². The Bertz CT molecular complexity index is 622. The molecule has 24 heavy (non-hydrogen) atoms. The molecule has 0 spiro atoms. The van der Waals surface area contributed by atoms with Crippen molar-refractivity contribution in [2.24, 2.45) is 0 Å². The molecule has 1 amide bonds. The standard InChI is InChI=1S/C15H17ClF3N3O2/c16-10-7-11(17)13(20-8-10)22-5-6-24-12(9-22)14(23)21-3-1-15(18,19)2-4-21/h7-8,12H,1-6,9H2. The van der Waals surface area contributed by atoms with Crippen LogP contribution >= 0.6 is 11.6 Å². The first-order valence-corrected chi connectivity index (χ1v) is 8.08. The first-order valence-electron chi connectivity index (χ1n) is 7.70. The van der Waals surface area contributed by atoms with Crippen molar-refractivity contribution in [3.63, 3.8) is 0 Å². The number of halogens is 4. The van der Waals surface area contributed by atoms with Gasteiger partial charge >= 0.3 is 0 Å².